The van der Waals surface area contributed by atoms with Crippen molar-refractivity contribution < 1.29 is 4.74 Å². The molecule has 0 aliphatic heterocycles. The van der Waals surface area contributed by atoms with Crippen LogP contribution in [-0.4, -0.2) is 42.7 Å². The number of ether oxygens (including phenoxy) is 1. The molecule has 0 aliphatic rings. The summed E-state index contributed by atoms with van der Waals surface area (Å²) < 4.78 is 5.47. The van der Waals surface area contributed by atoms with Gasteiger partial charge in [-0.05, 0) is 88.6 Å². The van der Waals surface area contributed by atoms with Crippen LogP contribution in [0.25, 0.3) is 21.8 Å². The Morgan fingerprint density at radius 1 is 0.968 bits per heavy atom. The number of methoxy groups -OCH3 is 1. The molecular formula is C26H36ClN3O. The Morgan fingerprint density at radius 3 is 2.45 bits per heavy atom. The quantitative estimate of drug-likeness (QED) is 0.239. The van der Waals surface area contributed by atoms with Crippen molar-refractivity contribution in [2.45, 2.75) is 58.9 Å². The summed E-state index contributed by atoms with van der Waals surface area (Å²) in [7, 11) is 1.70. The number of benzene rings is 2. The van der Waals surface area contributed by atoms with E-state index in [9.17, 15) is 0 Å². The molecule has 1 N–H and O–H groups in total. The summed E-state index contributed by atoms with van der Waals surface area (Å²) in [4.78, 5) is 7.42. The zero-order valence-electron chi connectivity index (χ0n) is 19.4. The summed E-state index contributed by atoms with van der Waals surface area (Å²) in [5.74, 6) is 0.838. The summed E-state index contributed by atoms with van der Waals surface area (Å²) in [6, 6.07) is 12.3. The van der Waals surface area contributed by atoms with Gasteiger partial charge in [0.1, 0.15) is 5.75 Å². The van der Waals surface area contributed by atoms with E-state index in [1.54, 1.807) is 7.11 Å². The highest BCUT2D eigenvalue weighted by molar-refractivity contribution is 6.31. The molecule has 31 heavy (non-hydrogen) atoms. The zero-order valence-corrected chi connectivity index (χ0v) is 20.1. The standard InChI is InChI=1S/C26H36ClN3O/c1-5-14-30(15-6-2)16-8-7-9-19(3)28-26-22-12-10-20(27)17-25(22)29-24-13-11-21(31-4)18-23(24)26/h10-13,17-19H,5-9,14-16H2,1-4H3,(H,28,29). The molecule has 1 heterocycles. The van der Waals surface area contributed by atoms with E-state index in [2.05, 4.69) is 43.1 Å². The summed E-state index contributed by atoms with van der Waals surface area (Å²) in [6.45, 7) is 10.4. The van der Waals surface area contributed by atoms with E-state index in [0.717, 1.165) is 39.7 Å². The van der Waals surface area contributed by atoms with Crippen molar-refractivity contribution in [1.82, 2.24) is 9.88 Å². The Bertz CT molecular complexity index is 985. The van der Waals surface area contributed by atoms with Crippen molar-refractivity contribution in [3.8, 4) is 5.75 Å². The molecule has 0 amide bonds. The second kappa shape index (κ2) is 11.5. The van der Waals surface area contributed by atoms with Crippen LogP contribution in [0.15, 0.2) is 36.4 Å². The lowest BCUT2D eigenvalue weighted by Gasteiger charge is -2.22. The van der Waals surface area contributed by atoms with Crippen molar-refractivity contribution >= 4 is 39.1 Å². The molecule has 0 saturated heterocycles. The third kappa shape index (κ3) is 6.24. The number of hydrogen-bond acceptors (Lipinski definition) is 4. The maximum Gasteiger partial charge on any atom is 0.119 e. The number of unbranched alkanes of at least 4 members (excludes halogenated alkanes) is 1. The molecule has 0 aliphatic carbocycles. The molecular weight excluding hydrogens is 406 g/mol. The molecule has 0 bridgehead atoms. The van der Waals surface area contributed by atoms with Crippen molar-refractivity contribution in [3.05, 3.63) is 41.4 Å². The van der Waals surface area contributed by atoms with Gasteiger partial charge in [-0.3, -0.25) is 0 Å². The van der Waals surface area contributed by atoms with Crippen LogP contribution >= 0.6 is 11.6 Å². The van der Waals surface area contributed by atoms with Gasteiger partial charge in [0.25, 0.3) is 0 Å². The fourth-order valence-electron chi connectivity index (χ4n) is 4.25. The first kappa shape index (κ1) is 23.6. The number of hydrogen-bond donors (Lipinski definition) is 1. The van der Waals surface area contributed by atoms with Gasteiger partial charge in [-0.25, -0.2) is 4.98 Å². The minimum atomic E-state index is 0.362. The van der Waals surface area contributed by atoms with Gasteiger partial charge in [0.15, 0.2) is 0 Å². The largest absolute Gasteiger partial charge is 0.497 e. The lowest BCUT2D eigenvalue weighted by molar-refractivity contribution is 0.267. The highest BCUT2D eigenvalue weighted by Crippen LogP contribution is 2.34. The molecule has 3 aromatic rings. The van der Waals surface area contributed by atoms with E-state index in [1.165, 1.54) is 45.3 Å². The molecule has 5 heteroatoms. The first-order chi connectivity index (χ1) is 15.0. The van der Waals surface area contributed by atoms with Gasteiger partial charge in [-0.1, -0.05) is 31.9 Å². The van der Waals surface area contributed by atoms with E-state index in [-0.39, 0.29) is 0 Å². The van der Waals surface area contributed by atoms with Gasteiger partial charge < -0.3 is 15.0 Å². The number of pyridine rings is 1. The highest BCUT2D eigenvalue weighted by atomic mass is 35.5. The number of rotatable bonds is 12. The van der Waals surface area contributed by atoms with Crippen LogP contribution in [0, 0.1) is 0 Å². The Balaban J connectivity index is 1.75. The fraction of sp³-hybridized carbons (Fsp3) is 0.500. The van der Waals surface area contributed by atoms with Gasteiger partial charge in [-0.2, -0.15) is 0 Å². The Labute approximate surface area is 191 Å². The Kier molecular flexibility index (Phi) is 8.79. The predicted molar refractivity (Wildman–Crippen MR) is 135 cm³/mol. The first-order valence-corrected chi connectivity index (χ1v) is 12.0. The normalized spacial score (nSPS) is 12.6. The molecule has 1 aromatic heterocycles. The number of nitrogens with zero attached hydrogens (tertiary/aromatic N) is 2. The minimum Gasteiger partial charge on any atom is -0.497 e. The molecule has 0 fully saturated rings. The van der Waals surface area contributed by atoms with Crippen molar-refractivity contribution in [2.24, 2.45) is 0 Å². The molecule has 4 nitrogen and oxygen atoms in total. The maximum absolute atomic E-state index is 6.25. The van der Waals surface area contributed by atoms with Crippen LogP contribution in [-0.2, 0) is 0 Å². The molecule has 0 saturated carbocycles. The third-order valence-corrected chi connectivity index (χ3v) is 6.01. The fourth-order valence-corrected chi connectivity index (χ4v) is 4.42. The van der Waals surface area contributed by atoms with Gasteiger partial charge in [0, 0.05) is 21.8 Å². The van der Waals surface area contributed by atoms with Crippen molar-refractivity contribution in [2.75, 3.05) is 32.1 Å². The monoisotopic (exact) mass is 441 g/mol. The Morgan fingerprint density at radius 2 is 1.74 bits per heavy atom. The first-order valence-electron chi connectivity index (χ1n) is 11.6. The Hall–Kier alpha value is -2.04. The second-order valence-electron chi connectivity index (χ2n) is 8.41. The van der Waals surface area contributed by atoms with Gasteiger partial charge in [0.2, 0.25) is 0 Å². The summed E-state index contributed by atoms with van der Waals surface area (Å²) in [5.41, 5.74) is 2.97. The molecule has 1 unspecified atom stereocenters. The smallest absolute Gasteiger partial charge is 0.119 e. The SMILES string of the molecule is CCCN(CCC)CCCCC(C)Nc1c2ccc(Cl)cc2nc2ccc(OC)cc12. The summed E-state index contributed by atoms with van der Waals surface area (Å²) in [5, 5.41) is 6.66. The van der Waals surface area contributed by atoms with Crippen LogP contribution in [0.3, 0.4) is 0 Å². The minimum absolute atomic E-state index is 0.362. The van der Waals surface area contributed by atoms with Crippen LogP contribution in [0.2, 0.25) is 5.02 Å². The van der Waals surface area contributed by atoms with Crippen LogP contribution in [0.1, 0.15) is 52.9 Å². The van der Waals surface area contributed by atoms with E-state index in [1.807, 2.05) is 24.3 Å². The van der Waals surface area contributed by atoms with Gasteiger partial charge >= 0.3 is 0 Å². The molecule has 1 atom stereocenters. The highest BCUT2D eigenvalue weighted by Gasteiger charge is 2.13. The zero-order chi connectivity index (χ0) is 22.2. The number of anilines is 1. The molecule has 168 valence electrons. The van der Waals surface area contributed by atoms with E-state index in [4.69, 9.17) is 21.3 Å². The lowest BCUT2D eigenvalue weighted by Crippen LogP contribution is -2.26. The maximum atomic E-state index is 6.25. The predicted octanol–water partition coefficient (Wildman–Crippen LogP) is 7.14. The summed E-state index contributed by atoms with van der Waals surface area (Å²) >= 11 is 6.25. The number of aromatic nitrogens is 1. The van der Waals surface area contributed by atoms with Crippen LogP contribution < -0.4 is 10.1 Å². The lowest BCUT2D eigenvalue weighted by atomic mass is 10.0. The number of halogens is 1. The third-order valence-electron chi connectivity index (χ3n) is 5.77. The second-order valence-corrected chi connectivity index (χ2v) is 8.85. The van der Waals surface area contributed by atoms with E-state index >= 15 is 0 Å². The molecule has 3 rings (SSSR count). The molecule has 0 spiro atoms. The topological polar surface area (TPSA) is 37.4 Å². The van der Waals surface area contributed by atoms with Crippen LogP contribution in [0.5, 0.6) is 5.75 Å². The number of fused-ring (bicyclic) bond motifs is 2. The molecule has 0 radical (unpaired) electrons. The van der Waals surface area contributed by atoms with Crippen LogP contribution in [0.4, 0.5) is 5.69 Å². The van der Waals surface area contributed by atoms with Crippen molar-refractivity contribution in [3.63, 3.8) is 0 Å². The van der Waals surface area contributed by atoms with E-state index in [0.29, 0.717) is 11.1 Å². The summed E-state index contributed by atoms with van der Waals surface area (Å²) in [6.07, 6.45) is 6.05. The van der Waals surface area contributed by atoms with E-state index < -0.39 is 0 Å². The van der Waals surface area contributed by atoms with Gasteiger partial charge in [-0.15, -0.1) is 0 Å². The van der Waals surface area contributed by atoms with Gasteiger partial charge in [0.05, 0.1) is 23.8 Å². The number of nitrogens with one attached hydrogen (secondary N) is 1. The van der Waals surface area contributed by atoms with Crippen molar-refractivity contribution in [1.29, 1.82) is 0 Å². The average Bonchev–Trinajstić information content (AvgIpc) is 2.76. The molecule has 2 aromatic carbocycles. The average molecular weight is 442 g/mol.